The van der Waals surface area contributed by atoms with Gasteiger partial charge in [-0.05, 0) is 47.5 Å². The number of hydrogen-bond acceptors (Lipinski definition) is 6. The summed E-state index contributed by atoms with van der Waals surface area (Å²) in [5.41, 5.74) is 1.71. The average molecular weight is 458 g/mol. The fourth-order valence-electron chi connectivity index (χ4n) is 3.91. The number of para-hydroxylation sites is 1. The second-order valence-corrected chi connectivity index (χ2v) is 7.86. The van der Waals surface area contributed by atoms with E-state index in [9.17, 15) is 9.59 Å². The lowest BCUT2D eigenvalue weighted by atomic mass is 9.89. The maximum Gasteiger partial charge on any atom is 0.319 e. The zero-order valence-electron chi connectivity index (χ0n) is 18.2. The number of fused-ring (bicyclic) bond motifs is 1. The van der Waals surface area contributed by atoms with Crippen LogP contribution >= 0.6 is 0 Å². The number of esters is 1. The van der Waals surface area contributed by atoms with Crippen molar-refractivity contribution in [3.63, 3.8) is 0 Å². The Hall–Kier alpha value is -4.46. The molecule has 8 heteroatoms. The molecule has 34 heavy (non-hydrogen) atoms. The van der Waals surface area contributed by atoms with Crippen molar-refractivity contribution >= 4 is 12.0 Å². The highest BCUT2D eigenvalue weighted by Crippen LogP contribution is 2.35. The van der Waals surface area contributed by atoms with E-state index in [2.05, 4.69) is 17.2 Å². The molecule has 3 aromatic rings. The van der Waals surface area contributed by atoms with Crippen molar-refractivity contribution in [2.45, 2.75) is 12.6 Å². The van der Waals surface area contributed by atoms with E-state index in [0.29, 0.717) is 28.6 Å². The zero-order chi connectivity index (χ0) is 23.5. The highest BCUT2D eigenvalue weighted by Gasteiger charge is 2.39. The quantitative estimate of drug-likeness (QED) is 0.531. The number of carbonyl (C=O) groups is 2. The Morgan fingerprint density at radius 1 is 0.971 bits per heavy atom. The van der Waals surface area contributed by atoms with Gasteiger partial charge in [0.2, 0.25) is 6.79 Å². The molecule has 1 fully saturated rings. The molecule has 0 saturated carbocycles. The molecule has 2 unspecified atom stereocenters. The molecule has 8 nitrogen and oxygen atoms in total. The second-order valence-electron chi connectivity index (χ2n) is 7.86. The van der Waals surface area contributed by atoms with E-state index in [4.69, 9.17) is 18.9 Å². The van der Waals surface area contributed by atoms with Crippen LogP contribution in [0.4, 0.5) is 4.79 Å². The molecule has 0 bridgehead atoms. The minimum atomic E-state index is -0.835. The molecule has 5 rings (SSSR count). The first kappa shape index (κ1) is 21.4. The number of amides is 2. The van der Waals surface area contributed by atoms with E-state index in [1.807, 2.05) is 36.4 Å². The van der Waals surface area contributed by atoms with Gasteiger partial charge in [-0.25, -0.2) is 4.79 Å². The Balaban J connectivity index is 1.34. The maximum absolute atomic E-state index is 13.1. The van der Waals surface area contributed by atoms with Crippen molar-refractivity contribution in [1.82, 2.24) is 10.6 Å². The smallest absolute Gasteiger partial charge is 0.319 e. The Morgan fingerprint density at radius 3 is 2.62 bits per heavy atom. The summed E-state index contributed by atoms with van der Waals surface area (Å²) in [6.45, 7) is 4.10. The van der Waals surface area contributed by atoms with Gasteiger partial charge in [0, 0.05) is 5.70 Å². The van der Waals surface area contributed by atoms with Crippen LogP contribution in [0.1, 0.15) is 17.2 Å². The molecule has 2 aliphatic heterocycles. The Morgan fingerprint density at radius 2 is 1.76 bits per heavy atom. The lowest BCUT2D eigenvalue weighted by Gasteiger charge is -2.33. The average Bonchev–Trinajstić information content (AvgIpc) is 3.31. The lowest BCUT2D eigenvalue weighted by Crippen LogP contribution is -2.51. The van der Waals surface area contributed by atoms with Gasteiger partial charge >= 0.3 is 12.0 Å². The molecule has 2 aliphatic rings. The molecule has 2 heterocycles. The zero-order valence-corrected chi connectivity index (χ0v) is 18.2. The molecule has 172 valence electrons. The summed E-state index contributed by atoms with van der Waals surface area (Å²) in [5.74, 6) is 1.17. The molecule has 1 saturated heterocycles. The molecule has 0 radical (unpaired) electrons. The first-order valence-electron chi connectivity index (χ1n) is 10.7. The molecule has 2 amide bonds. The number of rotatable bonds is 6. The third kappa shape index (κ3) is 4.52. The molecular formula is C26H22N2O6. The summed E-state index contributed by atoms with van der Waals surface area (Å²) >= 11 is 0. The summed E-state index contributed by atoms with van der Waals surface area (Å²) in [5, 5.41) is 5.40. The van der Waals surface area contributed by atoms with Crippen LogP contribution in [-0.4, -0.2) is 18.8 Å². The second kappa shape index (κ2) is 9.19. The standard InChI is InChI=1S/C26H22N2O6/c1-16-23(25(29)31-14-17-10-11-21-22(12-17)33-15-32-21)24(28-26(30)27-16)18-6-5-9-20(13-18)34-19-7-3-2-4-8-19/h2-13,23-24H,1,14-15H2,(H2,27,28,30). The van der Waals surface area contributed by atoms with Gasteiger partial charge in [0.1, 0.15) is 24.0 Å². The van der Waals surface area contributed by atoms with E-state index >= 15 is 0 Å². The third-order valence-electron chi connectivity index (χ3n) is 5.54. The number of benzene rings is 3. The van der Waals surface area contributed by atoms with Gasteiger partial charge < -0.3 is 29.6 Å². The summed E-state index contributed by atoms with van der Waals surface area (Å²) < 4.78 is 22.2. The van der Waals surface area contributed by atoms with Gasteiger partial charge in [0.15, 0.2) is 11.5 Å². The van der Waals surface area contributed by atoms with Gasteiger partial charge in [-0.3, -0.25) is 4.79 Å². The summed E-state index contributed by atoms with van der Waals surface area (Å²) in [4.78, 5) is 25.3. The predicted molar refractivity (Wildman–Crippen MR) is 122 cm³/mol. The minimum absolute atomic E-state index is 0.0388. The number of carbonyl (C=O) groups excluding carboxylic acids is 2. The van der Waals surface area contributed by atoms with Crippen LogP contribution in [0.15, 0.2) is 85.1 Å². The van der Waals surface area contributed by atoms with Crippen molar-refractivity contribution in [1.29, 1.82) is 0 Å². The van der Waals surface area contributed by atoms with Gasteiger partial charge in [-0.1, -0.05) is 43.0 Å². The Labute approximate surface area is 196 Å². The first-order valence-corrected chi connectivity index (χ1v) is 10.7. The predicted octanol–water partition coefficient (Wildman–Crippen LogP) is 4.43. The topological polar surface area (TPSA) is 95.1 Å². The number of nitrogens with one attached hydrogen (secondary N) is 2. The number of ether oxygens (including phenoxy) is 4. The monoisotopic (exact) mass is 458 g/mol. The highest BCUT2D eigenvalue weighted by molar-refractivity contribution is 5.85. The van der Waals surface area contributed by atoms with Crippen LogP contribution in [0.5, 0.6) is 23.0 Å². The fraction of sp³-hybridized carbons (Fsp3) is 0.154. The minimum Gasteiger partial charge on any atom is -0.460 e. The van der Waals surface area contributed by atoms with Gasteiger partial charge in [-0.15, -0.1) is 0 Å². The van der Waals surface area contributed by atoms with Crippen LogP contribution in [0.25, 0.3) is 0 Å². The van der Waals surface area contributed by atoms with E-state index in [0.717, 1.165) is 5.56 Å². The lowest BCUT2D eigenvalue weighted by molar-refractivity contribution is -0.149. The van der Waals surface area contributed by atoms with E-state index in [-0.39, 0.29) is 19.1 Å². The van der Waals surface area contributed by atoms with Gasteiger partial charge in [0.05, 0.1) is 6.04 Å². The van der Waals surface area contributed by atoms with Gasteiger partial charge in [0.25, 0.3) is 0 Å². The largest absolute Gasteiger partial charge is 0.460 e. The molecule has 2 atom stereocenters. The van der Waals surface area contributed by atoms with E-state index in [1.54, 1.807) is 36.4 Å². The van der Waals surface area contributed by atoms with Crippen LogP contribution in [0.2, 0.25) is 0 Å². The van der Waals surface area contributed by atoms with Crippen molar-refractivity contribution < 1.29 is 28.5 Å². The number of hydrogen-bond donors (Lipinski definition) is 2. The SMILES string of the molecule is C=C1NC(=O)NC(c2cccc(Oc3ccccc3)c2)C1C(=O)OCc1ccc2c(c1)OCO2. The fourth-order valence-corrected chi connectivity index (χ4v) is 3.91. The molecular weight excluding hydrogens is 436 g/mol. The van der Waals surface area contributed by atoms with Crippen LogP contribution < -0.4 is 24.8 Å². The highest BCUT2D eigenvalue weighted by atomic mass is 16.7. The molecule has 0 spiro atoms. The molecule has 0 aliphatic carbocycles. The van der Waals surface area contributed by atoms with E-state index < -0.39 is 24.0 Å². The van der Waals surface area contributed by atoms with Crippen molar-refractivity contribution in [3.8, 4) is 23.0 Å². The summed E-state index contributed by atoms with van der Waals surface area (Å²) in [6, 6.07) is 20.8. The number of urea groups is 1. The van der Waals surface area contributed by atoms with Crippen LogP contribution in [-0.2, 0) is 16.1 Å². The normalized spacial score (nSPS) is 18.6. The molecule has 0 aromatic heterocycles. The summed E-state index contributed by atoms with van der Waals surface area (Å²) in [6.07, 6.45) is 0. The Bertz CT molecular complexity index is 1240. The van der Waals surface area contributed by atoms with Gasteiger partial charge in [-0.2, -0.15) is 0 Å². The molecule has 2 N–H and O–H groups in total. The maximum atomic E-state index is 13.1. The Kier molecular flexibility index (Phi) is 5.78. The van der Waals surface area contributed by atoms with E-state index in [1.165, 1.54) is 0 Å². The van der Waals surface area contributed by atoms with Crippen LogP contribution in [0, 0.1) is 5.92 Å². The van der Waals surface area contributed by atoms with Crippen molar-refractivity contribution in [2.24, 2.45) is 5.92 Å². The van der Waals surface area contributed by atoms with Crippen LogP contribution in [0.3, 0.4) is 0 Å². The first-order chi connectivity index (χ1) is 16.6. The third-order valence-corrected chi connectivity index (χ3v) is 5.54. The van der Waals surface area contributed by atoms with Crippen molar-refractivity contribution in [3.05, 3.63) is 96.2 Å². The van der Waals surface area contributed by atoms with Crippen molar-refractivity contribution in [2.75, 3.05) is 6.79 Å². The summed E-state index contributed by atoms with van der Waals surface area (Å²) in [7, 11) is 0. The molecule has 3 aromatic carbocycles.